The normalized spacial score (nSPS) is 13.3. The number of nitrogens with one attached hydrogen (secondary N) is 2. The summed E-state index contributed by atoms with van der Waals surface area (Å²) >= 11 is 0. The third kappa shape index (κ3) is 7.33. The van der Waals surface area contributed by atoms with Crippen LogP contribution < -0.4 is 10.6 Å². The average Bonchev–Trinajstić information content (AvgIpc) is 2.75. The van der Waals surface area contributed by atoms with Crippen LogP contribution in [0.25, 0.3) is 0 Å². The van der Waals surface area contributed by atoms with Crippen LogP contribution in [0.1, 0.15) is 19.4 Å². The van der Waals surface area contributed by atoms with Crippen LogP contribution in [0.4, 0.5) is 4.39 Å². The summed E-state index contributed by atoms with van der Waals surface area (Å²) in [7, 11) is 3.18. The Morgan fingerprint density at radius 3 is 1.97 bits per heavy atom. The Balaban J connectivity index is 3.21. The van der Waals surface area contributed by atoms with E-state index in [-0.39, 0.29) is 6.42 Å². The first kappa shape index (κ1) is 26.5. The van der Waals surface area contributed by atoms with Crippen molar-refractivity contribution in [2.24, 2.45) is 11.8 Å². The lowest BCUT2D eigenvalue weighted by Crippen LogP contribution is -2.56. The Labute approximate surface area is 184 Å². The van der Waals surface area contributed by atoms with Crippen LogP contribution >= 0.6 is 0 Å². The van der Waals surface area contributed by atoms with E-state index >= 15 is 0 Å². The average molecular weight is 454 g/mol. The van der Waals surface area contributed by atoms with E-state index in [0.717, 1.165) is 21.3 Å². The lowest BCUT2D eigenvalue weighted by molar-refractivity contribution is -0.163. The van der Waals surface area contributed by atoms with Crippen LogP contribution in [0.2, 0.25) is 0 Å². The molecule has 2 N–H and O–H groups in total. The van der Waals surface area contributed by atoms with Crippen molar-refractivity contribution in [3.8, 4) is 0 Å². The van der Waals surface area contributed by atoms with Gasteiger partial charge in [-0.1, -0.05) is 19.1 Å². The van der Waals surface area contributed by atoms with Gasteiger partial charge in [-0.05, 0) is 17.7 Å². The second-order valence-electron chi connectivity index (χ2n) is 6.98. The van der Waals surface area contributed by atoms with Crippen molar-refractivity contribution in [2.75, 3.05) is 21.3 Å². The number of halogens is 1. The highest BCUT2D eigenvalue weighted by atomic mass is 19.1. The lowest BCUT2D eigenvalue weighted by atomic mass is 9.87. The van der Waals surface area contributed by atoms with Gasteiger partial charge in [-0.3, -0.25) is 19.2 Å². The summed E-state index contributed by atoms with van der Waals surface area (Å²) in [5.41, 5.74) is 0.420. The molecule has 2 amide bonds. The quantitative estimate of drug-likeness (QED) is 0.289. The van der Waals surface area contributed by atoms with Crippen molar-refractivity contribution in [3.05, 3.63) is 35.6 Å². The SMILES string of the molecule is COC(=O)C(C(=O)OC)[C@@H](C)[C@@H](NC(=O)[C@H](Cc1cccc(F)c1)NC(C)=O)C(=O)OC. The lowest BCUT2D eigenvalue weighted by Gasteiger charge is -2.28. The number of carbonyl (C=O) groups is 5. The van der Waals surface area contributed by atoms with Gasteiger partial charge in [0.25, 0.3) is 0 Å². The molecule has 0 spiro atoms. The summed E-state index contributed by atoms with van der Waals surface area (Å²) in [5.74, 6) is -7.39. The Morgan fingerprint density at radius 1 is 0.938 bits per heavy atom. The first-order valence-corrected chi connectivity index (χ1v) is 9.61. The van der Waals surface area contributed by atoms with Crippen LogP contribution in [-0.4, -0.2) is 63.1 Å². The van der Waals surface area contributed by atoms with E-state index in [4.69, 9.17) is 4.74 Å². The van der Waals surface area contributed by atoms with Gasteiger partial charge in [0.2, 0.25) is 11.8 Å². The van der Waals surface area contributed by atoms with E-state index in [2.05, 4.69) is 20.1 Å². The van der Waals surface area contributed by atoms with Gasteiger partial charge in [0.1, 0.15) is 17.9 Å². The zero-order valence-corrected chi connectivity index (χ0v) is 18.5. The van der Waals surface area contributed by atoms with Crippen molar-refractivity contribution in [1.29, 1.82) is 0 Å². The first-order valence-electron chi connectivity index (χ1n) is 9.61. The molecule has 0 heterocycles. The molecule has 0 saturated heterocycles. The van der Waals surface area contributed by atoms with E-state index < -0.39 is 59.5 Å². The van der Waals surface area contributed by atoms with Crippen molar-refractivity contribution in [3.63, 3.8) is 0 Å². The Bertz CT molecular complexity index is 844. The molecule has 0 bridgehead atoms. The zero-order chi connectivity index (χ0) is 24.4. The summed E-state index contributed by atoms with van der Waals surface area (Å²) in [6, 6.07) is 2.81. The maximum Gasteiger partial charge on any atom is 0.328 e. The highest BCUT2D eigenvalue weighted by Crippen LogP contribution is 2.21. The third-order valence-electron chi connectivity index (χ3n) is 4.74. The number of hydrogen-bond donors (Lipinski definition) is 2. The smallest absolute Gasteiger partial charge is 0.328 e. The number of benzene rings is 1. The molecule has 0 aliphatic rings. The second-order valence-corrected chi connectivity index (χ2v) is 6.98. The van der Waals surface area contributed by atoms with Crippen LogP contribution in [0.5, 0.6) is 0 Å². The van der Waals surface area contributed by atoms with E-state index in [1.165, 1.54) is 32.0 Å². The number of ether oxygens (including phenoxy) is 3. The van der Waals surface area contributed by atoms with E-state index in [1.54, 1.807) is 6.07 Å². The Hall–Kier alpha value is -3.50. The highest BCUT2D eigenvalue weighted by Gasteiger charge is 2.43. The molecule has 32 heavy (non-hydrogen) atoms. The molecule has 11 heteroatoms. The van der Waals surface area contributed by atoms with Crippen molar-refractivity contribution in [1.82, 2.24) is 10.6 Å². The van der Waals surface area contributed by atoms with Crippen LogP contribution in [0.15, 0.2) is 24.3 Å². The predicted molar refractivity (Wildman–Crippen MR) is 108 cm³/mol. The van der Waals surface area contributed by atoms with Gasteiger partial charge < -0.3 is 24.8 Å². The summed E-state index contributed by atoms with van der Waals surface area (Å²) < 4.78 is 27.5. The molecule has 3 atom stereocenters. The molecule has 10 nitrogen and oxygen atoms in total. The van der Waals surface area contributed by atoms with E-state index in [0.29, 0.717) is 5.56 Å². The minimum atomic E-state index is -1.53. The molecule has 0 aliphatic carbocycles. The molecule has 0 unspecified atom stereocenters. The maximum absolute atomic E-state index is 13.5. The maximum atomic E-state index is 13.5. The molecule has 0 radical (unpaired) electrons. The van der Waals surface area contributed by atoms with Gasteiger partial charge in [-0.25, -0.2) is 9.18 Å². The topological polar surface area (TPSA) is 137 Å². The zero-order valence-electron chi connectivity index (χ0n) is 18.5. The summed E-state index contributed by atoms with van der Waals surface area (Å²) in [6.45, 7) is 2.55. The predicted octanol–water partition coefficient (Wildman–Crippen LogP) is 0.129. The van der Waals surface area contributed by atoms with Crippen LogP contribution in [-0.2, 0) is 44.6 Å². The van der Waals surface area contributed by atoms with Crippen LogP contribution in [0, 0.1) is 17.7 Å². The molecular weight excluding hydrogens is 427 g/mol. The van der Waals surface area contributed by atoms with Crippen molar-refractivity contribution < 1.29 is 42.6 Å². The molecular formula is C21H27FN2O8. The number of rotatable bonds is 10. The Morgan fingerprint density at radius 2 is 1.50 bits per heavy atom. The van der Waals surface area contributed by atoms with Crippen molar-refractivity contribution >= 4 is 29.7 Å². The molecule has 0 aliphatic heterocycles. The molecule has 0 fully saturated rings. The molecule has 1 aromatic rings. The fourth-order valence-electron chi connectivity index (χ4n) is 3.11. The summed E-state index contributed by atoms with van der Waals surface area (Å²) in [5, 5.41) is 4.85. The van der Waals surface area contributed by atoms with Gasteiger partial charge in [-0.2, -0.15) is 0 Å². The fourth-order valence-corrected chi connectivity index (χ4v) is 3.11. The standard InChI is InChI=1S/C21H27FN2O8/c1-11(16(19(27)30-3)20(28)31-4)17(21(29)32-5)24-18(26)15(23-12(2)25)10-13-7-6-8-14(22)9-13/h6-9,11,15-17H,10H2,1-5H3,(H,23,25)(H,24,26)/t11-,15+,17-/m1/s1. The summed E-state index contributed by atoms with van der Waals surface area (Å²) in [4.78, 5) is 61.2. The third-order valence-corrected chi connectivity index (χ3v) is 4.74. The van der Waals surface area contributed by atoms with Gasteiger partial charge in [0.15, 0.2) is 5.92 Å². The summed E-state index contributed by atoms with van der Waals surface area (Å²) in [6.07, 6.45) is -0.0805. The molecule has 1 aromatic carbocycles. The number of amides is 2. The first-order chi connectivity index (χ1) is 15.0. The van der Waals surface area contributed by atoms with E-state index in [1.807, 2.05) is 0 Å². The Kier molecular flexibility index (Phi) is 10.3. The number of esters is 3. The minimum absolute atomic E-state index is 0.0805. The van der Waals surface area contributed by atoms with Gasteiger partial charge >= 0.3 is 17.9 Å². The van der Waals surface area contributed by atoms with Crippen molar-refractivity contribution in [2.45, 2.75) is 32.4 Å². The highest BCUT2D eigenvalue weighted by molar-refractivity contribution is 5.97. The number of methoxy groups -OCH3 is 3. The van der Waals surface area contributed by atoms with E-state index in [9.17, 15) is 28.4 Å². The molecule has 0 saturated carbocycles. The number of hydrogen-bond acceptors (Lipinski definition) is 8. The number of carbonyl (C=O) groups excluding carboxylic acids is 5. The minimum Gasteiger partial charge on any atom is -0.468 e. The second kappa shape index (κ2) is 12.4. The fraction of sp³-hybridized carbons (Fsp3) is 0.476. The van der Waals surface area contributed by atoms with Gasteiger partial charge in [0, 0.05) is 19.3 Å². The molecule has 176 valence electrons. The monoisotopic (exact) mass is 454 g/mol. The molecule has 0 aromatic heterocycles. The van der Waals surface area contributed by atoms with Gasteiger partial charge in [-0.15, -0.1) is 0 Å². The van der Waals surface area contributed by atoms with Gasteiger partial charge in [0.05, 0.1) is 21.3 Å². The van der Waals surface area contributed by atoms with Crippen LogP contribution in [0.3, 0.4) is 0 Å². The molecule has 1 rings (SSSR count). The largest absolute Gasteiger partial charge is 0.468 e.